The summed E-state index contributed by atoms with van der Waals surface area (Å²) in [5.74, 6) is 1.29. The van der Waals surface area contributed by atoms with Crippen LogP contribution in [0.25, 0.3) is 0 Å². The maximum atomic E-state index is 6.66. The van der Waals surface area contributed by atoms with E-state index in [2.05, 4.69) is 24.3 Å². The van der Waals surface area contributed by atoms with Gasteiger partial charge in [-0.15, -0.1) is 0 Å². The third-order valence-electron chi connectivity index (χ3n) is 4.79. The lowest BCUT2D eigenvalue weighted by atomic mass is 10.0. The summed E-state index contributed by atoms with van der Waals surface area (Å²) < 4.78 is 6.66. The Balaban J connectivity index is 1.58. The van der Waals surface area contributed by atoms with Crippen molar-refractivity contribution in [2.75, 3.05) is 0 Å². The molecule has 3 heteroatoms. The van der Waals surface area contributed by atoms with Gasteiger partial charge in [-0.2, -0.15) is 0 Å². The topological polar surface area (TPSA) is 9.23 Å². The Hall–Kier alpha value is -1.02. The van der Waals surface area contributed by atoms with Gasteiger partial charge in [0.05, 0.1) is 12.2 Å². The van der Waals surface area contributed by atoms with Crippen LogP contribution in [-0.2, 0) is 4.74 Å². The van der Waals surface area contributed by atoms with E-state index in [4.69, 9.17) is 27.9 Å². The second-order valence-corrected chi connectivity index (χ2v) is 7.63. The first-order valence-corrected chi connectivity index (χ1v) is 9.13. The molecule has 4 rings (SSSR count). The van der Waals surface area contributed by atoms with Gasteiger partial charge < -0.3 is 4.74 Å². The molecular weight excluding hydrogens is 327 g/mol. The monoisotopic (exact) mass is 346 g/mol. The maximum Gasteiger partial charge on any atom is 0.0861 e. The van der Waals surface area contributed by atoms with Crippen molar-refractivity contribution < 1.29 is 4.74 Å². The predicted molar refractivity (Wildman–Crippen MR) is 94.9 cm³/mol. The molecule has 0 bridgehead atoms. The van der Waals surface area contributed by atoms with Gasteiger partial charge in [0, 0.05) is 10.0 Å². The van der Waals surface area contributed by atoms with Gasteiger partial charge in [-0.3, -0.25) is 0 Å². The van der Waals surface area contributed by atoms with E-state index in [0.717, 1.165) is 10.0 Å². The Morgan fingerprint density at radius 3 is 1.30 bits per heavy atom. The zero-order valence-electron chi connectivity index (χ0n) is 12.9. The molecule has 2 aromatic rings. The highest BCUT2D eigenvalue weighted by Crippen LogP contribution is 2.51. The van der Waals surface area contributed by atoms with E-state index in [-0.39, 0.29) is 12.2 Å². The largest absolute Gasteiger partial charge is 0.365 e. The standard InChI is InChI=1S/C20H20Cl2O/c21-17-9-5-15(6-10-17)19(13-1-2-13)23-20(14-3-4-14)16-7-11-18(22)12-8-16/h5-14,19-20H,1-4H2. The highest BCUT2D eigenvalue weighted by atomic mass is 35.5. The second-order valence-electron chi connectivity index (χ2n) is 6.76. The Labute approximate surface area is 147 Å². The van der Waals surface area contributed by atoms with Gasteiger partial charge in [0.2, 0.25) is 0 Å². The molecule has 2 aromatic carbocycles. The fourth-order valence-corrected chi connectivity index (χ4v) is 3.44. The van der Waals surface area contributed by atoms with Crippen molar-refractivity contribution in [2.24, 2.45) is 11.8 Å². The first kappa shape index (κ1) is 15.5. The molecule has 0 heterocycles. The molecule has 2 fully saturated rings. The van der Waals surface area contributed by atoms with Crippen LogP contribution in [0, 0.1) is 11.8 Å². The van der Waals surface area contributed by atoms with Crippen LogP contribution in [-0.4, -0.2) is 0 Å². The third-order valence-corrected chi connectivity index (χ3v) is 5.29. The highest BCUT2D eigenvalue weighted by Gasteiger charge is 2.40. The average Bonchev–Trinajstić information content (AvgIpc) is 3.45. The minimum Gasteiger partial charge on any atom is -0.365 e. The molecule has 0 N–H and O–H groups in total. The first-order chi connectivity index (χ1) is 11.2. The van der Waals surface area contributed by atoms with Gasteiger partial charge in [0.15, 0.2) is 0 Å². The van der Waals surface area contributed by atoms with Crippen LogP contribution in [0.4, 0.5) is 0 Å². The van der Waals surface area contributed by atoms with Crippen LogP contribution in [0.3, 0.4) is 0 Å². The van der Waals surface area contributed by atoms with Crippen molar-refractivity contribution >= 4 is 23.2 Å². The van der Waals surface area contributed by atoms with Crippen molar-refractivity contribution in [3.05, 3.63) is 69.7 Å². The van der Waals surface area contributed by atoms with Crippen molar-refractivity contribution in [3.8, 4) is 0 Å². The summed E-state index contributed by atoms with van der Waals surface area (Å²) in [7, 11) is 0. The lowest BCUT2D eigenvalue weighted by Gasteiger charge is -2.26. The number of hydrogen-bond acceptors (Lipinski definition) is 1. The molecule has 0 amide bonds. The van der Waals surface area contributed by atoms with Crippen LogP contribution in [0.5, 0.6) is 0 Å². The fraction of sp³-hybridized carbons (Fsp3) is 0.400. The Kier molecular flexibility index (Phi) is 4.36. The molecule has 0 radical (unpaired) electrons. The van der Waals surface area contributed by atoms with Gasteiger partial charge in [0.25, 0.3) is 0 Å². The molecule has 120 valence electrons. The fourth-order valence-electron chi connectivity index (χ4n) is 3.18. The minimum absolute atomic E-state index is 0.175. The summed E-state index contributed by atoms with van der Waals surface area (Å²) >= 11 is 12.1. The van der Waals surface area contributed by atoms with E-state index in [1.54, 1.807) is 0 Å². The van der Waals surface area contributed by atoms with E-state index >= 15 is 0 Å². The van der Waals surface area contributed by atoms with Crippen LogP contribution < -0.4 is 0 Å². The van der Waals surface area contributed by atoms with Crippen molar-refractivity contribution in [2.45, 2.75) is 37.9 Å². The van der Waals surface area contributed by atoms with E-state index in [9.17, 15) is 0 Å². The van der Waals surface area contributed by atoms with Crippen LogP contribution in [0.2, 0.25) is 10.0 Å². The van der Waals surface area contributed by atoms with Crippen LogP contribution in [0.1, 0.15) is 49.0 Å². The van der Waals surface area contributed by atoms with Gasteiger partial charge >= 0.3 is 0 Å². The molecule has 2 unspecified atom stereocenters. The van der Waals surface area contributed by atoms with E-state index in [1.807, 2.05) is 24.3 Å². The molecule has 2 aliphatic rings. The van der Waals surface area contributed by atoms with Crippen molar-refractivity contribution in [1.29, 1.82) is 0 Å². The zero-order valence-corrected chi connectivity index (χ0v) is 14.4. The molecule has 2 saturated carbocycles. The lowest BCUT2D eigenvalue weighted by Crippen LogP contribution is -2.14. The summed E-state index contributed by atoms with van der Waals surface area (Å²) in [4.78, 5) is 0. The van der Waals surface area contributed by atoms with E-state index < -0.39 is 0 Å². The van der Waals surface area contributed by atoms with Crippen molar-refractivity contribution in [3.63, 3.8) is 0 Å². The van der Waals surface area contributed by atoms with Gasteiger partial charge in [-0.05, 0) is 72.9 Å². The van der Waals surface area contributed by atoms with Crippen LogP contribution in [0.15, 0.2) is 48.5 Å². The van der Waals surface area contributed by atoms with E-state index in [1.165, 1.54) is 36.8 Å². The highest BCUT2D eigenvalue weighted by molar-refractivity contribution is 6.30. The SMILES string of the molecule is Clc1ccc(C(OC(c2ccc(Cl)cc2)C2CC2)C2CC2)cc1. The van der Waals surface area contributed by atoms with Gasteiger partial charge in [-0.1, -0.05) is 47.5 Å². The number of benzene rings is 2. The Bertz CT molecular complexity index is 598. The Morgan fingerprint density at radius 1 is 0.652 bits per heavy atom. The van der Waals surface area contributed by atoms with Crippen LogP contribution >= 0.6 is 23.2 Å². The maximum absolute atomic E-state index is 6.66. The molecular formula is C20H20Cl2O. The summed E-state index contributed by atoms with van der Waals surface area (Å²) in [5, 5.41) is 1.56. The number of ether oxygens (including phenoxy) is 1. The first-order valence-electron chi connectivity index (χ1n) is 8.37. The van der Waals surface area contributed by atoms with Gasteiger partial charge in [0.1, 0.15) is 0 Å². The number of hydrogen-bond donors (Lipinski definition) is 0. The molecule has 0 aromatic heterocycles. The smallest absolute Gasteiger partial charge is 0.0861 e. The quantitative estimate of drug-likeness (QED) is 0.571. The second kappa shape index (κ2) is 6.47. The van der Waals surface area contributed by atoms with E-state index in [0.29, 0.717) is 11.8 Å². The van der Waals surface area contributed by atoms with Crippen molar-refractivity contribution in [1.82, 2.24) is 0 Å². The molecule has 0 saturated heterocycles. The summed E-state index contributed by atoms with van der Waals surface area (Å²) in [6.07, 6.45) is 5.37. The molecule has 2 aliphatic carbocycles. The minimum atomic E-state index is 0.175. The zero-order chi connectivity index (χ0) is 15.8. The summed E-state index contributed by atoms with van der Waals surface area (Å²) in [6, 6.07) is 16.3. The molecule has 1 nitrogen and oxygen atoms in total. The average molecular weight is 347 g/mol. The predicted octanol–water partition coefficient (Wildman–Crippen LogP) is 6.61. The molecule has 23 heavy (non-hydrogen) atoms. The summed E-state index contributed by atoms with van der Waals surface area (Å²) in [6.45, 7) is 0. The Morgan fingerprint density at radius 2 is 1.00 bits per heavy atom. The summed E-state index contributed by atoms with van der Waals surface area (Å²) in [5.41, 5.74) is 2.49. The number of halogens is 2. The lowest BCUT2D eigenvalue weighted by molar-refractivity contribution is -0.0389. The normalized spacial score (nSPS) is 20.3. The van der Waals surface area contributed by atoms with Gasteiger partial charge in [-0.25, -0.2) is 0 Å². The molecule has 0 spiro atoms. The number of rotatable bonds is 6. The molecule has 0 aliphatic heterocycles. The molecule has 2 atom stereocenters. The third kappa shape index (κ3) is 3.74.